The quantitative estimate of drug-likeness (QED) is 0.334. The van der Waals surface area contributed by atoms with Gasteiger partial charge in [-0.2, -0.15) is 5.26 Å². The Morgan fingerprint density at radius 3 is 2.68 bits per heavy atom. The van der Waals surface area contributed by atoms with Gasteiger partial charge in [0.15, 0.2) is 0 Å². The summed E-state index contributed by atoms with van der Waals surface area (Å²) in [4.78, 5) is 2.70. The van der Waals surface area contributed by atoms with Crippen LogP contribution in [-0.4, -0.2) is 23.0 Å². The lowest BCUT2D eigenvalue weighted by Gasteiger charge is -2.42. The molecule has 1 saturated heterocycles. The molecule has 0 aromatic rings. The summed E-state index contributed by atoms with van der Waals surface area (Å²) in [5.74, 6) is 2.47. The van der Waals surface area contributed by atoms with Gasteiger partial charge in [0.25, 0.3) is 0 Å². The number of allylic oxidation sites excluding steroid dienone is 14. The molecule has 6 rings (SSSR count). The van der Waals surface area contributed by atoms with Crippen molar-refractivity contribution in [1.29, 1.82) is 5.26 Å². The van der Waals surface area contributed by atoms with E-state index < -0.39 is 0 Å². The SMILES string of the molecule is CCCCC(C)C1C=CC=C(N2C3=CC=CCC3C3C=CC=CC32)C1NC1C=C(C2=CC=C(C#N)CC2C)C=CC1. The van der Waals surface area contributed by atoms with E-state index in [2.05, 4.69) is 122 Å². The molecule has 3 nitrogen and oxygen atoms in total. The largest absolute Gasteiger partial charge is 0.339 e. The molecule has 3 heteroatoms. The summed E-state index contributed by atoms with van der Waals surface area (Å²) in [5.41, 5.74) is 6.44. The second-order valence-electron chi connectivity index (χ2n) is 12.8. The van der Waals surface area contributed by atoms with Crippen LogP contribution in [0.3, 0.4) is 0 Å². The second kappa shape index (κ2) is 12.3. The molecule has 41 heavy (non-hydrogen) atoms. The molecule has 1 N–H and O–H groups in total. The number of fused-ring (bicyclic) bond motifs is 3. The monoisotopic (exact) mass is 543 g/mol. The maximum absolute atomic E-state index is 9.40. The molecule has 1 fully saturated rings. The molecule has 212 valence electrons. The first kappa shape index (κ1) is 27.8. The maximum Gasteiger partial charge on any atom is 0.0947 e. The summed E-state index contributed by atoms with van der Waals surface area (Å²) in [5, 5.41) is 13.6. The highest BCUT2D eigenvalue weighted by Crippen LogP contribution is 2.48. The van der Waals surface area contributed by atoms with Gasteiger partial charge in [-0.15, -0.1) is 0 Å². The van der Waals surface area contributed by atoms with Crippen molar-refractivity contribution in [3.05, 3.63) is 119 Å². The van der Waals surface area contributed by atoms with Gasteiger partial charge in [0.2, 0.25) is 0 Å². The molecule has 0 aromatic carbocycles. The molecule has 0 bridgehead atoms. The first-order chi connectivity index (χ1) is 20.1. The summed E-state index contributed by atoms with van der Waals surface area (Å²) < 4.78 is 0. The van der Waals surface area contributed by atoms with E-state index in [9.17, 15) is 5.26 Å². The van der Waals surface area contributed by atoms with E-state index >= 15 is 0 Å². The van der Waals surface area contributed by atoms with Gasteiger partial charge in [0.05, 0.1) is 18.2 Å². The van der Waals surface area contributed by atoms with Gasteiger partial charge in [0, 0.05) is 40.8 Å². The molecule has 0 saturated carbocycles. The van der Waals surface area contributed by atoms with Crippen molar-refractivity contribution >= 4 is 0 Å². The smallest absolute Gasteiger partial charge is 0.0947 e. The van der Waals surface area contributed by atoms with Gasteiger partial charge in [-0.1, -0.05) is 113 Å². The van der Waals surface area contributed by atoms with E-state index in [1.165, 1.54) is 41.8 Å². The highest BCUT2D eigenvalue weighted by atomic mass is 15.2. The Kier molecular flexibility index (Phi) is 8.31. The van der Waals surface area contributed by atoms with Gasteiger partial charge in [0.1, 0.15) is 0 Å². The summed E-state index contributed by atoms with van der Waals surface area (Å²) in [6.45, 7) is 7.01. The number of hydrogen-bond acceptors (Lipinski definition) is 3. The van der Waals surface area contributed by atoms with Crippen molar-refractivity contribution in [2.24, 2.45) is 29.6 Å². The van der Waals surface area contributed by atoms with Gasteiger partial charge >= 0.3 is 0 Å². The van der Waals surface area contributed by atoms with Crippen LogP contribution in [0.4, 0.5) is 0 Å². The molecule has 1 aliphatic heterocycles. The van der Waals surface area contributed by atoms with Crippen LogP contribution < -0.4 is 5.32 Å². The van der Waals surface area contributed by atoms with E-state index in [1.807, 2.05) is 6.08 Å². The number of hydrogen-bond donors (Lipinski definition) is 1. The van der Waals surface area contributed by atoms with Crippen LogP contribution in [-0.2, 0) is 0 Å². The van der Waals surface area contributed by atoms with Crippen molar-refractivity contribution in [1.82, 2.24) is 10.2 Å². The van der Waals surface area contributed by atoms with Crippen LogP contribution in [0, 0.1) is 40.9 Å². The van der Waals surface area contributed by atoms with E-state index in [-0.39, 0.29) is 12.1 Å². The number of nitrogens with one attached hydrogen (secondary N) is 1. The predicted octanol–water partition coefficient (Wildman–Crippen LogP) is 8.40. The molecule has 6 aliphatic rings. The highest BCUT2D eigenvalue weighted by molar-refractivity contribution is 5.49. The summed E-state index contributed by atoms with van der Waals surface area (Å²) in [6.07, 6.45) is 41.5. The van der Waals surface area contributed by atoms with Crippen LogP contribution >= 0.6 is 0 Å². The zero-order valence-corrected chi connectivity index (χ0v) is 24.9. The van der Waals surface area contributed by atoms with E-state index in [0.29, 0.717) is 35.6 Å². The number of nitriles is 1. The average molecular weight is 544 g/mol. The third-order valence-corrected chi connectivity index (χ3v) is 10.1. The third-order valence-electron chi connectivity index (χ3n) is 10.1. The average Bonchev–Trinajstić information content (AvgIpc) is 3.34. The highest BCUT2D eigenvalue weighted by Gasteiger charge is 2.47. The van der Waals surface area contributed by atoms with Crippen LogP contribution in [0.25, 0.3) is 0 Å². The van der Waals surface area contributed by atoms with Crippen molar-refractivity contribution in [2.45, 2.75) is 77.4 Å². The zero-order valence-electron chi connectivity index (χ0n) is 24.9. The number of unbranched alkanes of at least 4 members (excludes halogenated alkanes) is 1. The number of likely N-dealkylation sites (tertiary alicyclic amines) is 1. The Morgan fingerprint density at radius 2 is 1.85 bits per heavy atom. The minimum absolute atomic E-state index is 0.245. The summed E-state index contributed by atoms with van der Waals surface area (Å²) in [7, 11) is 0. The predicted molar refractivity (Wildman–Crippen MR) is 170 cm³/mol. The number of rotatable bonds is 8. The van der Waals surface area contributed by atoms with Gasteiger partial charge in [-0.25, -0.2) is 0 Å². The fourth-order valence-corrected chi connectivity index (χ4v) is 7.89. The molecule has 0 aromatic heterocycles. The molecule has 0 amide bonds. The topological polar surface area (TPSA) is 39.1 Å². The van der Waals surface area contributed by atoms with E-state index in [0.717, 1.165) is 24.8 Å². The Balaban J connectivity index is 1.33. The molecule has 8 unspecified atom stereocenters. The normalized spacial score (nSPS) is 34.1. The van der Waals surface area contributed by atoms with Gasteiger partial charge in [-0.3, -0.25) is 0 Å². The van der Waals surface area contributed by atoms with Crippen LogP contribution in [0.5, 0.6) is 0 Å². The lowest BCUT2D eigenvalue weighted by molar-refractivity contribution is 0.256. The van der Waals surface area contributed by atoms with Crippen molar-refractivity contribution in [3.63, 3.8) is 0 Å². The molecule has 1 heterocycles. The molecule has 0 radical (unpaired) electrons. The Hall–Kier alpha value is -3.35. The second-order valence-corrected chi connectivity index (χ2v) is 12.8. The fraction of sp³-hybridized carbons (Fsp3) is 0.447. The van der Waals surface area contributed by atoms with Crippen molar-refractivity contribution in [3.8, 4) is 6.07 Å². The van der Waals surface area contributed by atoms with Crippen molar-refractivity contribution in [2.75, 3.05) is 0 Å². The fourth-order valence-electron chi connectivity index (χ4n) is 7.89. The number of nitrogens with zero attached hydrogens (tertiary/aromatic N) is 2. The molecular weight excluding hydrogens is 498 g/mol. The lowest BCUT2D eigenvalue weighted by atomic mass is 9.78. The third kappa shape index (κ3) is 5.47. The molecule has 8 atom stereocenters. The van der Waals surface area contributed by atoms with Gasteiger partial charge < -0.3 is 10.2 Å². The lowest BCUT2D eigenvalue weighted by Crippen LogP contribution is -2.50. The first-order valence-corrected chi connectivity index (χ1v) is 15.9. The van der Waals surface area contributed by atoms with Crippen LogP contribution in [0.15, 0.2) is 119 Å². The van der Waals surface area contributed by atoms with Crippen LogP contribution in [0.1, 0.15) is 59.3 Å². The van der Waals surface area contributed by atoms with E-state index in [4.69, 9.17) is 0 Å². The zero-order chi connectivity index (χ0) is 28.3. The molecule has 0 spiro atoms. The Morgan fingerprint density at radius 1 is 1.00 bits per heavy atom. The van der Waals surface area contributed by atoms with Crippen LogP contribution in [0.2, 0.25) is 0 Å². The minimum atomic E-state index is 0.245. The molecular formula is C38H45N3. The summed E-state index contributed by atoms with van der Waals surface area (Å²) in [6, 6.07) is 3.23. The molecule has 5 aliphatic carbocycles. The first-order valence-electron chi connectivity index (χ1n) is 15.9. The van der Waals surface area contributed by atoms with Gasteiger partial charge in [-0.05, 0) is 60.5 Å². The Bertz CT molecular complexity index is 1370. The maximum atomic E-state index is 9.40. The standard InChI is InChI=1S/C38H45N3/c1-4-5-12-26(2)32-17-11-20-37(41-35-18-8-6-15-33(35)34-16-7-9-19-36(34)41)38(32)40-30-14-10-13-29(24-30)31-22-21-28(25-39)23-27(31)3/h6-11,13,15,17-22,24,26-27,30,32-35,38,40H,4-5,12,14,16,23H2,1-3H3. The van der Waals surface area contributed by atoms with Crippen molar-refractivity contribution < 1.29 is 0 Å². The minimum Gasteiger partial charge on any atom is -0.339 e. The van der Waals surface area contributed by atoms with E-state index in [1.54, 1.807) is 0 Å². The summed E-state index contributed by atoms with van der Waals surface area (Å²) >= 11 is 0. The Labute approximate surface area is 247 Å².